The lowest BCUT2D eigenvalue weighted by Gasteiger charge is -2.07. The van der Waals surface area contributed by atoms with Gasteiger partial charge in [-0.15, -0.1) is 0 Å². The number of carboxylic acids is 1. The standard InChI is InChI=1S/C20H15F3O3/c21-20(22,23)19(26)17-12-10-16(11-13-17)15-8-6-14(7-9-15)4-2-1-3-5-18(24)25/h1-3,5-13H,4H2,(H,24,25). The Balaban J connectivity index is 2.04. The zero-order chi connectivity index (χ0) is 19.2. The average molecular weight is 360 g/mol. The lowest BCUT2D eigenvalue weighted by Crippen LogP contribution is -2.22. The summed E-state index contributed by atoms with van der Waals surface area (Å²) in [5.74, 6) is -2.87. The largest absolute Gasteiger partial charge is 0.478 e. The smallest absolute Gasteiger partial charge is 0.454 e. The van der Waals surface area contributed by atoms with Gasteiger partial charge in [-0.2, -0.15) is 13.2 Å². The van der Waals surface area contributed by atoms with Gasteiger partial charge in [-0.05, 0) is 23.1 Å². The molecule has 0 saturated heterocycles. The zero-order valence-electron chi connectivity index (χ0n) is 13.5. The minimum Gasteiger partial charge on any atom is -0.478 e. The highest BCUT2D eigenvalue weighted by molar-refractivity contribution is 6.00. The molecule has 0 unspecified atom stereocenters. The van der Waals surface area contributed by atoms with Crippen LogP contribution >= 0.6 is 0 Å². The van der Waals surface area contributed by atoms with Crippen molar-refractivity contribution in [2.24, 2.45) is 0 Å². The molecule has 2 rings (SSSR count). The number of Topliss-reactive ketones (excluding diaryl/α,β-unsaturated/α-hetero) is 1. The first-order chi connectivity index (χ1) is 12.3. The summed E-state index contributed by atoms with van der Waals surface area (Å²) in [7, 11) is 0. The number of rotatable bonds is 6. The first-order valence-corrected chi connectivity index (χ1v) is 7.64. The number of carbonyl (C=O) groups excluding carboxylic acids is 1. The van der Waals surface area contributed by atoms with Crippen molar-refractivity contribution in [1.82, 2.24) is 0 Å². The summed E-state index contributed by atoms with van der Waals surface area (Å²) in [6.07, 6.45) is 1.65. The molecule has 0 aliphatic heterocycles. The molecule has 0 aliphatic rings. The third kappa shape index (κ3) is 5.44. The van der Waals surface area contributed by atoms with Crippen molar-refractivity contribution in [1.29, 1.82) is 0 Å². The second kappa shape index (κ2) is 8.29. The molecule has 0 spiro atoms. The van der Waals surface area contributed by atoms with Gasteiger partial charge in [0.1, 0.15) is 0 Å². The minimum atomic E-state index is -4.88. The van der Waals surface area contributed by atoms with Crippen LogP contribution in [0.15, 0.2) is 72.8 Å². The molecule has 1 N–H and O–H groups in total. The van der Waals surface area contributed by atoms with E-state index < -0.39 is 23.5 Å². The molecule has 3 nitrogen and oxygen atoms in total. The van der Waals surface area contributed by atoms with Gasteiger partial charge in [0.05, 0.1) is 0 Å². The molecule has 0 radical (unpaired) electrons. The fourth-order valence-electron chi connectivity index (χ4n) is 2.23. The number of halogens is 3. The van der Waals surface area contributed by atoms with Gasteiger partial charge < -0.3 is 5.11 Å². The number of carboxylic acid groups (broad SMARTS) is 1. The highest BCUT2D eigenvalue weighted by atomic mass is 19.4. The van der Waals surface area contributed by atoms with Crippen molar-refractivity contribution in [2.45, 2.75) is 12.6 Å². The van der Waals surface area contributed by atoms with Crippen LogP contribution < -0.4 is 0 Å². The Morgan fingerprint density at radius 1 is 0.885 bits per heavy atom. The van der Waals surface area contributed by atoms with Crippen LogP contribution in [0.25, 0.3) is 11.1 Å². The number of benzene rings is 2. The molecule has 0 saturated carbocycles. The van der Waals surface area contributed by atoms with E-state index >= 15 is 0 Å². The Morgan fingerprint density at radius 2 is 1.42 bits per heavy atom. The molecule has 0 atom stereocenters. The van der Waals surface area contributed by atoms with Gasteiger partial charge in [-0.3, -0.25) is 4.79 Å². The molecule has 0 heterocycles. The first kappa shape index (κ1) is 19.2. The van der Waals surface area contributed by atoms with Crippen LogP contribution in [0, 0.1) is 0 Å². The van der Waals surface area contributed by atoms with Crippen molar-refractivity contribution < 1.29 is 27.9 Å². The van der Waals surface area contributed by atoms with Gasteiger partial charge in [0, 0.05) is 11.6 Å². The minimum absolute atomic E-state index is 0.391. The van der Waals surface area contributed by atoms with Gasteiger partial charge in [0.15, 0.2) is 0 Å². The Bertz CT molecular complexity index is 830. The fraction of sp³-hybridized carbons (Fsp3) is 0.100. The maximum Gasteiger partial charge on any atom is 0.454 e. The van der Waals surface area contributed by atoms with Gasteiger partial charge in [-0.1, -0.05) is 66.8 Å². The molecule has 134 valence electrons. The van der Waals surface area contributed by atoms with Gasteiger partial charge in [0.25, 0.3) is 5.78 Å². The second-order valence-corrected chi connectivity index (χ2v) is 5.43. The summed E-state index contributed by atoms with van der Waals surface area (Å²) in [4.78, 5) is 21.5. The molecule has 0 fully saturated rings. The van der Waals surface area contributed by atoms with Crippen molar-refractivity contribution in [3.63, 3.8) is 0 Å². The summed E-state index contributed by atoms with van der Waals surface area (Å²) in [5.41, 5.74) is 2.12. The second-order valence-electron chi connectivity index (χ2n) is 5.43. The number of carbonyl (C=O) groups is 2. The van der Waals surface area contributed by atoms with E-state index in [1.54, 1.807) is 6.08 Å². The van der Waals surface area contributed by atoms with E-state index in [-0.39, 0.29) is 0 Å². The van der Waals surface area contributed by atoms with Crippen molar-refractivity contribution in [3.05, 3.63) is 84.0 Å². The maximum absolute atomic E-state index is 12.4. The predicted octanol–water partition coefficient (Wildman–Crippen LogP) is 4.84. The van der Waals surface area contributed by atoms with Crippen LogP contribution in [-0.4, -0.2) is 23.0 Å². The molecule has 0 bridgehead atoms. The number of ketones is 1. The number of allylic oxidation sites excluding steroid dienone is 3. The molecule has 2 aromatic carbocycles. The van der Waals surface area contributed by atoms with Crippen LogP contribution in [0.3, 0.4) is 0 Å². The lowest BCUT2D eigenvalue weighted by atomic mass is 10.0. The Morgan fingerprint density at radius 3 is 1.92 bits per heavy atom. The average Bonchev–Trinajstić information content (AvgIpc) is 2.60. The molecular weight excluding hydrogens is 345 g/mol. The van der Waals surface area contributed by atoms with E-state index in [9.17, 15) is 22.8 Å². The van der Waals surface area contributed by atoms with E-state index in [2.05, 4.69) is 0 Å². The summed E-state index contributed by atoms with van der Waals surface area (Å²) < 4.78 is 37.2. The Labute approximate surface area is 148 Å². The molecule has 26 heavy (non-hydrogen) atoms. The first-order valence-electron chi connectivity index (χ1n) is 7.64. The summed E-state index contributed by atoms with van der Waals surface area (Å²) in [6, 6.07) is 12.7. The van der Waals surface area contributed by atoms with Crippen LogP contribution in [0.5, 0.6) is 0 Å². The fourth-order valence-corrected chi connectivity index (χ4v) is 2.23. The van der Waals surface area contributed by atoms with E-state index in [1.807, 2.05) is 30.3 Å². The van der Waals surface area contributed by atoms with E-state index in [4.69, 9.17) is 5.11 Å². The van der Waals surface area contributed by atoms with Crippen LogP contribution in [0.4, 0.5) is 13.2 Å². The van der Waals surface area contributed by atoms with Crippen LogP contribution in [-0.2, 0) is 11.2 Å². The molecule has 0 amide bonds. The van der Waals surface area contributed by atoms with E-state index in [0.29, 0.717) is 12.0 Å². The number of aliphatic carboxylic acids is 1. The molecular formula is C20H15F3O3. The SMILES string of the molecule is O=C(O)C=CC=CCc1ccc(-c2ccc(C(=O)C(F)(F)F)cc2)cc1. The summed E-state index contributed by atoms with van der Waals surface area (Å²) in [6.45, 7) is 0. The normalized spacial score (nSPS) is 12.0. The van der Waals surface area contributed by atoms with E-state index in [0.717, 1.165) is 29.3 Å². The molecule has 0 aliphatic carbocycles. The topological polar surface area (TPSA) is 54.4 Å². The van der Waals surface area contributed by atoms with E-state index in [1.165, 1.54) is 18.2 Å². The predicted molar refractivity (Wildman–Crippen MR) is 91.9 cm³/mol. The Kier molecular flexibility index (Phi) is 6.11. The molecule has 0 aromatic heterocycles. The Hall–Kier alpha value is -3.15. The molecule has 2 aromatic rings. The third-order valence-corrected chi connectivity index (χ3v) is 3.53. The quantitative estimate of drug-likeness (QED) is 0.456. The third-order valence-electron chi connectivity index (χ3n) is 3.53. The highest BCUT2D eigenvalue weighted by Gasteiger charge is 2.39. The number of hydrogen-bond acceptors (Lipinski definition) is 2. The van der Waals surface area contributed by atoms with Gasteiger partial charge >= 0.3 is 12.1 Å². The molecule has 6 heteroatoms. The number of hydrogen-bond donors (Lipinski definition) is 1. The van der Waals surface area contributed by atoms with Crippen LogP contribution in [0.2, 0.25) is 0 Å². The maximum atomic E-state index is 12.4. The lowest BCUT2D eigenvalue weighted by molar-refractivity contribution is -0.131. The summed E-state index contributed by atoms with van der Waals surface area (Å²) >= 11 is 0. The highest BCUT2D eigenvalue weighted by Crippen LogP contribution is 2.25. The van der Waals surface area contributed by atoms with Crippen LogP contribution in [0.1, 0.15) is 15.9 Å². The monoisotopic (exact) mass is 360 g/mol. The van der Waals surface area contributed by atoms with Crippen molar-refractivity contribution in [3.8, 4) is 11.1 Å². The van der Waals surface area contributed by atoms with Crippen molar-refractivity contribution in [2.75, 3.05) is 0 Å². The van der Waals surface area contributed by atoms with Gasteiger partial charge in [-0.25, -0.2) is 4.79 Å². The zero-order valence-corrected chi connectivity index (χ0v) is 13.5. The summed E-state index contributed by atoms with van der Waals surface area (Å²) in [5, 5.41) is 8.46. The van der Waals surface area contributed by atoms with Crippen molar-refractivity contribution >= 4 is 11.8 Å². The number of alkyl halides is 3. The van der Waals surface area contributed by atoms with Gasteiger partial charge in [0.2, 0.25) is 0 Å².